The van der Waals surface area contributed by atoms with Crippen LogP contribution in [0.1, 0.15) is 27.5 Å². The number of anilines is 1. The maximum atomic E-state index is 11.3. The van der Waals surface area contributed by atoms with Crippen molar-refractivity contribution in [2.45, 2.75) is 12.6 Å². The fourth-order valence-corrected chi connectivity index (χ4v) is 2.71. The molecule has 0 saturated carbocycles. The van der Waals surface area contributed by atoms with Crippen molar-refractivity contribution in [3.05, 3.63) is 65.2 Å². The lowest BCUT2D eigenvalue weighted by Crippen LogP contribution is -2.19. The molecule has 2 N–H and O–H groups in total. The van der Waals surface area contributed by atoms with Gasteiger partial charge in [-0.15, -0.1) is 0 Å². The molecule has 0 bridgehead atoms. The largest absolute Gasteiger partial charge is 0.378 e. The van der Waals surface area contributed by atoms with E-state index in [-0.39, 0.29) is 6.04 Å². The Kier molecular flexibility index (Phi) is 4.95. The highest BCUT2D eigenvalue weighted by atomic mass is 16.5. The molecule has 1 aliphatic rings. The maximum absolute atomic E-state index is 11.3. The summed E-state index contributed by atoms with van der Waals surface area (Å²) in [5, 5.41) is 19.1. The van der Waals surface area contributed by atoms with E-state index in [4.69, 9.17) is 5.21 Å². The number of rotatable bonds is 5. The number of amides is 1. The SMILES string of the molecule is CN(C)c1ccc(C2CN(Cc3ccc(C(=O)NO)cc3)N=N2)cc1. The zero-order valence-corrected chi connectivity index (χ0v) is 14.3. The van der Waals surface area contributed by atoms with Crippen LogP contribution >= 0.6 is 0 Å². The van der Waals surface area contributed by atoms with Crippen molar-refractivity contribution in [2.75, 3.05) is 25.5 Å². The molecule has 1 unspecified atom stereocenters. The minimum absolute atomic E-state index is 0.0376. The van der Waals surface area contributed by atoms with Crippen molar-refractivity contribution in [3.63, 3.8) is 0 Å². The number of hydrogen-bond donors (Lipinski definition) is 2. The van der Waals surface area contributed by atoms with E-state index < -0.39 is 5.91 Å². The first kappa shape index (κ1) is 16.9. The van der Waals surface area contributed by atoms with Gasteiger partial charge in [0.25, 0.3) is 5.91 Å². The van der Waals surface area contributed by atoms with Crippen LogP contribution in [0, 0.1) is 0 Å². The topological polar surface area (TPSA) is 80.5 Å². The summed E-state index contributed by atoms with van der Waals surface area (Å²) in [6.07, 6.45) is 0. The molecule has 3 rings (SSSR count). The molecule has 7 heteroatoms. The fourth-order valence-electron chi connectivity index (χ4n) is 2.71. The van der Waals surface area contributed by atoms with Crippen LogP contribution in [-0.2, 0) is 6.54 Å². The lowest BCUT2D eigenvalue weighted by atomic mass is 10.1. The van der Waals surface area contributed by atoms with Gasteiger partial charge in [0.05, 0.1) is 13.1 Å². The molecule has 25 heavy (non-hydrogen) atoms. The summed E-state index contributed by atoms with van der Waals surface area (Å²) in [7, 11) is 4.03. The number of hydroxylamine groups is 1. The number of nitrogens with zero attached hydrogens (tertiary/aromatic N) is 4. The van der Waals surface area contributed by atoms with Crippen molar-refractivity contribution >= 4 is 11.6 Å². The van der Waals surface area contributed by atoms with Crippen molar-refractivity contribution in [3.8, 4) is 0 Å². The molecule has 2 aromatic rings. The van der Waals surface area contributed by atoms with Gasteiger partial charge in [-0.1, -0.05) is 29.5 Å². The first-order valence-corrected chi connectivity index (χ1v) is 8.03. The van der Waals surface area contributed by atoms with Crippen LogP contribution in [0.15, 0.2) is 58.9 Å². The van der Waals surface area contributed by atoms with Crippen LogP contribution in [0.25, 0.3) is 0 Å². The quantitative estimate of drug-likeness (QED) is 0.648. The van der Waals surface area contributed by atoms with Crippen LogP contribution < -0.4 is 10.4 Å². The second-order valence-corrected chi connectivity index (χ2v) is 6.19. The van der Waals surface area contributed by atoms with E-state index in [9.17, 15) is 4.79 Å². The van der Waals surface area contributed by atoms with E-state index in [2.05, 4.69) is 39.5 Å². The summed E-state index contributed by atoms with van der Waals surface area (Å²) in [5.74, 6) is -0.520. The first-order valence-electron chi connectivity index (χ1n) is 8.03. The molecule has 1 atom stereocenters. The van der Waals surface area contributed by atoms with E-state index in [0.717, 1.165) is 23.4 Å². The minimum Gasteiger partial charge on any atom is -0.378 e. The van der Waals surface area contributed by atoms with Crippen LogP contribution in [0.5, 0.6) is 0 Å². The average Bonchev–Trinajstić information content (AvgIpc) is 3.10. The molecular weight excluding hydrogens is 318 g/mol. The van der Waals surface area contributed by atoms with Gasteiger partial charge < -0.3 is 4.90 Å². The van der Waals surface area contributed by atoms with Crippen molar-refractivity contribution in [1.82, 2.24) is 10.5 Å². The molecule has 0 aromatic heterocycles. The Labute approximate surface area is 146 Å². The van der Waals surface area contributed by atoms with Crippen LogP contribution in [-0.4, -0.2) is 36.8 Å². The van der Waals surface area contributed by atoms with Crippen molar-refractivity contribution < 1.29 is 10.0 Å². The molecule has 0 aliphatic carbocycles. The Bertz CT molecular complexity index is 756. The predicted molar refractivity (Wildman–Crippen MR) is 94.5 cm³/mol. The smallest absolute Gasteiger partial charge is 0.274 e. The Morgan fingerprint density at radius 1 is 1.20 bits per heavy atom. The molecule has 7 nitrogen and oxygen atoms in total. The molecule has 1 heterocycles. The third-order valence-electron chi connectivity index (χ3n) is 4.18. The summed E-state index contributed by atoms with van der Waals surface area (Å²) < 4.78 is 0. The summed E-state index contributed by atoms with van der Waals surface area (Å²) in [5.41, 5.74) is 5.36. The van der Waals surface area contributed by atoms with E-state index in [1.54, 1.807) is 17.6 Å². The monoisotopic (exact) mass is 339 g/mol. The van der Waals surface area contributed by atoms with Crippen molar-refractivity contribution in [2.24, 2.45) is 10.3 Å². The molecule has 2 aromatic carbocycles. The van der Waals surface area contributed by atoms with Gasteiger partial charge in [0, 0.05) is 25.3 Å². The molecule has 0 spiro atoms. The standard InChI is InChI=1S/C18H21N5O2/c1-22(2)16-9-7-14(8-10-16)17-12-23(21-19-17)11-13-3-5-15(6-4-13)18(24)20-25/h3-10,17,25H,11-12H2,1-2H3,(H,20,24). The fraction of sp³-hybridized carbons (Fsp3) is 0.278. The normalized spacial score (nSPS) is 16.1. The van der Waals surface area contributed by atoms with Gasteiger partial charge in [-0.2, -0.15) is 5.11 Å². The van der Waals surface area contributed by atoms with Gasteiger partial charge in [0.15, 0.2) is 0 Å². The Morgan fingerprint density at radius 2 is 1.88 bits per heavy atom. The number of carbonyl (C=O) groups is 1. The van der Waals surface area contributed by atoms with Crippen LogP contribution in [0.2, 0.25) is 0 Å². The zero-order chi connectivity index (χ0) is 17.8. The summed E-state index contributed by atoms with van der Waals surface area (Å²) in [6, 6.07) is 15.4. The Balaban J connectivity index is 1.60. The van der Waals surface area contributed by atoms with Gasteiger partial charge in [-0.3, -0.25) is 15.0 Å². The van der Waals surface area contributed by atoms with Crippen molar-refractivity contribution in [1.29, 1.82) is 0 Å². The van der Waals surface area contributed by atoms with E-state index in [1.165, 1.54) is 0 Å². The lowest BCUT2D eigenvalue weighted by Gasteiger charge is -2.16. The zero-order valence-electron chi connectivity index (χ0n) is 14.3. The molecule has 130 valence electrons. The number of benzene rings is 2. The van der Waals surface area contributed by atoms with E-state index in [0.29, 0.717) is 12.1 Å². The Morgan fingerprint density at radius 3 is 2.48 bits per heavy atom. The van der Waals surface area contributed by atoms with Crippen LogP contribution in [0.3, 0.4) is 0 Å². The third-order valence-corrected chi connectivity index (χ3v) is 4.18. The molecule has 0 radical (unpaired) electrons. The third kappa shape index (κ3) is 3.95. The van der Waals surface area contributed by atoms with Crippen LogP contribution in [0.4, 0.5) is 5.69 Å². The average molecular weight is 339 g/mol. The summed E-state index contributed by atoms with van der Waals surface area (Å²) >= 11 is 0. The van der Waals surface area contributed by atoms with Gasteiger partial charge in [0.1, 0.15) is 6.04 Å². The molecule has 1 amide bonds. The lowest BCUT2D eigenvalue weighted by molar-refractivity contribution is 0.0706. The maximum Gasteiger partial charge on any atom is 0.274 e. The molecular formula is C18H21N5O2. The van der Waals surface area contributed by atoms with E-state index in [1.807, 2.05) is 31.2 Å². The first-order chi connectivity index (χ1) is 12.1. The van der Waals surface area contributed by atoms with Gasteiger partial charge in [0.2, 0.25) is 0 Å². The number of nitrogens with one attached hydrogen (secondary N) is 1. The second kappa shape index (κ2) is 7.31. The number of hydrogen-bond acceptors (Lipinski definition) is 6. The second-order valence-electron chi connectivity index (χ2n) is 6.19. The highest BCUT2D eigenvalue weighted by Gasteiger charge is 2.21. The Hall–Kier alpha value is -2.93. The van der Waals surface area contributed by atoms with Gasteiger partial charge >= 0.3 is 0 Å². The molecule has 0 fully saturated rings. The van der Waals surface area contributed by atoms with Gasteiger partial charge in [-0.05, 0) is 35.4 Å². The minimum atomic E-state index is -0.520. The predicted octanol–water partition coefficient (Wildman–Crippen LogP) is 2.80. The van der Waals surface area contributed by atoms with Gasteiger partial charge in [-0.25, -0.2) is 5.48 Å². The highest BCUT2D eigenvalue weighted by Crippen LogP contribution is 2.27. The van der Waals surface area contributed by atoms with E-state index >= 15 is 0 Å². The molecule has 1 aliphatic heterocycles. The highest BCUT2D eigenvalue weighted by molar-refractivity contribution is 5.93. The summed E-state index contributed by atoms with van der Waals surface area (Å²) in [6.45, 7) is 1.34. The molecule has 0 saturated heterocycles. The summed E-state index contributed by atoms with van der Waals surface area (Å²) in [4.78, 5) is 13.4. The number of carbonyl (C=O) groups excluding carboxylic acids is 1.